The molecule has 74 valence electrons. The molecule has 0 radical (unpaired) electrons. The summed E-state index contributed by atoms with van der Waals surface area (Å²) >= 11 is 0. The molecular formula is C10H14N4. The van der Waals surface area contributed by atoms with Gasteiger partial charge >= 0.3 is 0 Å². The zero-order valence-corrected chi connectivity index (χ0v) is 8.49. The molecule has 1 aliphatic heterocycles. The molecule has 0 aromatic carbocycles. The number of rotatable bonds is 1. The van der Waals surface area contributed by atoms with Crippen molar-refractivity contribution in [2.75, 3.05) is 18.0 Å². The Morgan fingerprint density at radius 1 is 1.36 bits per heavy atom. The van der Waals surface area contributed by atoms with E-state index >= 15 is 0 Å². The first kappa shape index (κ1) is 8.99. The van der Waals surface area contributed by atoms with Gasteiger partial charge in [-0.15, -0.1) is 0 Å². The molecule has 1 N–H and O–H groups in total. The number of aromatic nitrogens is 2. The van der Waals surface area contributed by atoms with Crippen LogP contribution in [-0.4, -0.2) is 23.1 Å². The van der Waals surface area contributed by atoms with Crippen LogP contribution in [0.1, 0.15) is 11.5 Å². The summed E-state index contributed by atoms with van der Waals surface area (Å²) in [6, 6.07) is 2.00. The smallest absolute Gasteiger partial charge is 0.136 e. The molecular weight excluding hydrogens is 176 g/mol. The van der Waals surface area contributed by atoms with Crippen LogP contribution < -0.4 is 10.2 Å². The molecule has 0 fully saturated rings. The molecule has 1 aliphatic rings. The molecule has 0 atom stereocenters. The van der Waals surface area contributed by atoms with E-state index < -0.39 is 0 Å². The van der Waals surface area contributed by atoms with Gasteiger partial charge in [-0.3, -0.25) is 0 Å². The molecule has 2 heterocycles. The van der Waals surface area contributed by atoms with Crippen molar-refractivity contribution in [3.63, 3.8) is 0 Å². The van der Waals surface area contributed by atoms with E-state index in [4.69, 9.17) is 0 Å². The average Bonchev–Trinajstić information content (AvgIpc) is 2.18. The van der Waals surface area contributed by atoms with E-state index in [2.05, 4.69) is 20.2 Å². The topological polar surface area (TPSA) is 41.0 Å². The highest BCUT2D eigenvalue weighted by Gasteiger charge is 2.08. The molecule has 0 saturated carbocycles. The fourth-order valence-corrected chi connectivity index (χ4v) is 1.52. The van der Waals surface area contributed by atoms with Gasteiger partial charge < -0.3 is 10.2 Å². The van der Waals surface area contributed by atoms with E-state index in [1.165, 1.54) is 0 Å². The number of hydrogen-bond acceptors (Lipinski definition) is 4. The van der Waals surface area contributed by atoms with Crippen LogP contribution in [0.3, 0.4) is 0 Å². The van der Waals surface area contributed by atoms with Crippen molar-refractivity contribution in [3.8, 4) is 0 Å². The second-order valence-corrected chi connectivity index (χ2v) is 3.38. The lowest BCUT2D eigenvalue weighted by atomic mass is 10.3. The lowest BCUT2D eigenvalue weighted by molar-refractivity contribution is 0.764. The minimum Gasteiger partial charge on any atom is -0.388 e. The van der Waals surface area contributed by atoms with Crippen molar-refractivity contribution in [1.82, 2.24) is 15.3 Å². The van der Waals surface area contributed by atoms with Crippen LogP contribution in [0.2, 0.25) is 0 Å². The summed E-state index contributed by atoms with van der Waals surface area (Å²) in [5, 5.41) is 3.15. The van der Waals surface area contributed by atoms with Crippen LogP contribution in [0.4, 0.5) is 5.82 Å². The Morgan fingerprint density at radius 2 is 2.21 bits per heavy atom. The maximum atomic E-state index is 4.39. The van der Waals surface area contributed by atoms with Gasteiger partial charge in [-0.25, -0.2) is 9.97 Å². The van der Waals surface area contributed by atoms with Gasteiger partial charge in [0, 0.05) is 37.2 Å². The van der Waals surface area contributed by atoms with Gasteiger partial charge in [-0.1, -0.05) is 0 Å². The zero-order chi connectivity index (χ0) is 9.97. The first-order valence-electron chi connectivity index (χ1n) is 4.75. The first-order valence-corrected chi connectivity index (χ1v) is 4.75. The predicted molar refractivity (Wildman–Crippen MR) is 56.0 cm³/mol. The fraction of sp³-hybridized carbons (Fsp3) is 0.400. The van der Waals surface area contributed by atoms with Crippen molar-refractivity contribution in [2.24, 2.45) is 0 Å². The van der Waals surface area contributed by atoms with E-state index in [0.29, 0.717) is 0 Å². The lowest BCUT2D eigenvalue weighted by Crippen LogP contribution is -2.31. The molecule has 14 heavy (non-hydrogen) atoms. The minimum absolute atomic E-state index is 0.826. The Labute approximate surface area is 83.7 Å². The molecule has 1 aromatic heterocycles. The second kappa shape index (κ2) is 3.65. The summed E-state index contributed by atoms with van der Waals surface area (Å²) in [4.78, 5) is 10.8. The molecule has 0 saturated heterocycles. The maximum Gasteiger partial charge on any atom is 0.136 e. The molecule has 0 unspecified atom stereocenters. The maximum absolute atomic E-state index is 4.39. The highest BCUT2D eigenvalue weighted by Crippen LogP contribution is 2.13. The van der Waals surface area contributed by atoms with Crippen molar-refractivity contribution < 1.29 is 0 Å². The molecule has 2 rings (SSSR count). The summed E-state index contributed by atoms with van der Waals surface area (Å²) in [6.07, 6.45) is 3.95. The van der Waals surface area contributed by atoms with Crippen LogP contribution in [0, 0.1) is 13.8 Å². The van der Waals surface area contributed by atoms with Crippen LogP contribution in [-0.2, 0) is 0 Å². The van der Waals surface area contributed by atoms with Crippen LogP contribution in [0.15, 0.2) is 18.5 Å². The van der Waals surface area contributed by atoms with Gasteiger partial charge in [0.25, 0.3) is 0 Å². The van der Waals surface area contributed by atoms with Crippen LogP contribution in [0.5, 0.6) is 0 Å². The zero-order valence-electron chi connectivity index (χ0n) is 8.49. The van der Waals surface area contributed by atoms with Gasteiger partial charge in [0.1, 0.15) is 11.6 Å². The summed E-state index contributed by atoms with van der Waals surface area (Å²) < 4.78 is 0. The van der Waals surface area contributed by atoms with Gasteiger partial charge in [-0.05, 0) is 13.8 Å². The molecule has 4 heteroatoms. The van der Waals surface area contributed by atoms with Gasteiger partial charge in [0.15, 0.2) is 0 Å². The van der Waals surface area contributed by atoms with E-state index in [9.17, 15) is 0 Å². The SMILES string of the molecule is Cc1cc(N2C=CNCC2)nc(C)n1. The molecule has 1 aromatic rings. The quantitative estimate of drug-likeness (QED) is 0.716. The monoisotopic (exact) mass is 190 g/mol. The molecule has 0 spiro atoms. The van der Waals surface area contributed by atoms with Crippen molar-refractivity contribution in [3.05, 3.63) is 30.0 Å². The van der Waals surface area contributed by atoms with Gasteiger partial charge in [0.2, 0.25) is 0 Å². The van der Waals surface area contributed by atoms with E-state index in [0.717, 1.165) is 30.4 Å². The summed E-state index contributed by atoms with van der Waals surface area (Å²) in [5.74, 6) is 1.81. The predicted octanol–water partition coefficient (Wildman–Crippen LogP) is 0.974. The number of anilines is 1. The Balaban J connectivity index is 2.30. The van der Waals surface area contributed by atoms with Crippen LogP contribution >= 0.6 is 0 Å². The normalized spacial score (nSPS) is 15.4. The average molecular weight is 190 g/mol. The Hall–Kier alpha value is -1.58. The summed E-state index contributed by atoms with van der Waals surface area (Å²) in [5.41, 5.74) is 1.01. The highest BCUT2D eigenvalue weighted by atomic mass is 15.2. The standard InChI is InChI=1S/C10H14N4/c1-8-7-10(13-9(2)12-8)14-5-3-11-4-6-14/h3,5,7,11H,4,6H2,1-2H3. The minimum atomic E-state index is 0.826. The third kappa shape index (κ3) is 1.84. The number of nitrogens with zero attached hydrogens (tertiary/aromatic N) is 3. The second-order valence-electron chi connectivity index (χ2n) is 3.38. The fourth-order valence-electron chi connectivity index (χ4n) is 1.52. The molecule has 4 nitrogen and oxygen atoms in total. The summed E-state index contributed by atoms with van der Waals surface area (Å²) in [6.45, 7) is 5.82. The molecule has 0 aliphatic carbocycles. The highest BCUT2D eigenvalue weighted by molar-refractivity contribution is 5.43. The third-order valence-electron chi connectivity index (χ3n) is 2.12. The number of hydrogen-bond donors (Lipinski definition) is 1. The van der Waals surface area contributed by atoms with Gasteiger partial charge in [-0.2, -0.15) is 0 Å². The Kier molecular flexibility index (Phi) is 2.35. The Bertz CT molecular complexity index is 339. The molecule has 0 amide bonds. The van der Waals surface area contributed by atoms with Crippen molar-refractivity contribution in [2.45, 2.75) is 13.8 Å². The number of nitrogens with one attached hydrogen (secondary N) is 1. The van der Waals surface area contributed by atoms with E-state index in [-0.39, 0.29) is 0 Å². The molecule has 0 bridgehead atoms. The van der Waals surface area contributed by atoms with E-state index in [1.54, 1.807) is 0 Å². The Morgan fingerprint density at radius 3 is 2.86 bits per heavy atom. The lowest BCUT2D eigenvalue weighted by Gasteiger charge is -2.23. The van der Waals surface area contributed by atoms with Crippen molar-refractivity contribution >= 4 is 5.82 Å². The largest absolute Gasteiger partial charge is 0.388 e. The van der Waals surface area contributed by atoms with E-state index in [1.807, 2.05) is 32.3 Å². The first-order chi connectivity index (χ1) is 6.75. The van der Waals surface area contributed by atoms with Crippen molar-refractivity contribution in [1.29, 1.82) is 0 Å². The third-order valence-corrected chi connectivity index (χ3v) is 2.12. The number of aryl methyl sites for hydroxylation is 2. The summed E-state index contributed by atoms with van der Waals surface area (Å²) in [7, 11) is 0. The van der Waals surface area contributed by atoms with Gasteiger partial charge in [0.05, 0.1) is 0 Å². The van der Waals surface area contributed by atoms with Crippen LogP contribution in [0.25, 0.3) is 0 Å².